The van der Waals surface area contributed by atoms with Crippen molar-refractivity contribution in [1.82, 2.24) is 0 Å². The summed E-state index contributed by atoms with van der Waals surface area (Å²) >= 11 is 5.89. The highest BCUT2D eigenvalue weighted by Crippen LogP contribution is 2.27. The van der Waals surface area contributed by atoms with Crippen molar-refractivity contribution in [2.75, 3.05) is 18.0 Å². The van der Waals surface area contributed by atoms with Gasteiger partial charge < -0.3 is 10.0 Å². The zero-order chi connectivity index (χ0) is 12.1. The van der Waals surface area contributed by atoms with E-state index in [-0.39, 0.29) is 10.6 Å². The molecule has 3 nitrogen and oxygen atoms in total. The number of carbonyl (C=O) groups is 1. The molecule has 1 rings (SSSR count). The molecule has 0 unspecified atom stereocenters. The van der Waals surface area contributed by atoms with Crippen molar-refractivity contribution in [3.8, 4) is 0 Å². The highest BCUT2D eigenvalue weighted by Gasteiger charge is 2.17. The summed E-state index contributed by atoms with van der Waals surface area (Å²) in [5.74, 6) is -1.01. The number of rotatable bonds is 5. The summed E-state index contributed by atoms with van der Waals surface area (Å²) in [5.41, 5.74) is 0.773. The Balaban J connectivity index is 3.25. The van der Waals surface area contributed by atoms with Gasteiger partial charge in [-0.2, -0.15) is 0 Å². The molecule has 0 amide bonds. The lowest BCUT2D eigenvalue weighted by Gasteiger charge is -2.23. The van der Waals surface area contributed by atoms with E-state index in [0.717, 1.165) is 0 Å². The largest absolute Gasteiger partial charge is 0.478 e. The van der Waals surface area contributed by atoms with Crippen molar-refractivity contribution < 1.29 is 9.90 Å². The first-order chi connectivity index (χ1) is 7.61. The van der Waals surface area contributed by atoms with E-state index in [9.17, 15) is 4.79 Å². The lowest BCUT2D eigenvalue weighted by molar-refractivity contribution is 0.0698. The maximum atomic E-state index is 11.1. The van der Waals surface area contributed by atoms with Gasteiger partial charge in [-0.25, -0.2) is 4.79 Å². The molecule has 0 heterocycles. The minimum Gasteiger partial charge on any atom is -0.478 e. The van der Waals surface area contributed by atoms with Crippen molar-refractivity contribution >= 4 is 23.3 Å². The van der Waals surface area contributed by atoms with Gasteiger partial charge >= 0.3 is 5.97 Å². The average molecular weight is 240 g/mol. The Morgan fingerprint density at radius 2 is 2.31 bits per heavy atom. The molecule has 0 atom stereocenters. The van der Waals surface area contributed by atoms with Crippen LogP contribution in [0.15, 0.2) is 30.9 Å². The van der Waals surface area contributed by atoms with Crippen LogP contribution < -0.4 is 4.90 Å². The van der Waals surface area contributed by atoms with E-state index in [1.54, 1.807) is 24.3 Å². The van der Waals surface area contributed by atoms with Gasteiger partial charge in [-0.3, -0.25) is 0 Å². The molecule has 0 spiro atoms. The van der Waals surface area contributed by atoms with Gasteiger partial charge in [0.05, 0.1) is 10.7 Å². The Morgan fingerprint density at radius 3 is 2.81 bits per heavy atom. The van der Waals surface area contributed by atoms with E-state index >= 15 is 0 Å². The third-order valence-electron chi connectivity index (χ3n) is 2.28. The van der Waals surface area contributed by atoms with Crippen molar-refractivity contribution in [2.24, 2.45) is 0 Å². The standard InChI is InChI=1S/C12H14ClNO2/c1-3-8-14(4-2)10-7-5-6-9(13)11(10)12(15)16/h3,5-7H,1,4,8H2,2H3,(H,15,16). The van der Waals surface area contributed by atoms with E-state index in [1.807, 2.05) is 11.8 Å². The monoisotopic (exact) mass is 239 g/mol. The number of nitrogens with zero attached hydrogens (tertiary/aromatic N) is 1. The third-order valence-corrected chi connectivity index (χ3v) is 2.59. The van der Waals surface area contributed by atoms with Crippen molar-refractivity contribution in [2.45, 2.75) is 6.92 Å². The van der Waals surface area contributed by atoms with Crippen molar-refractivity contribution in [1.29, 1.82) is 0 Å². The summed E-state index contributed by atoms with van der Waals surface area (Å²) < 4.78 is 0. The summed E-state index contributed by atoms with van der Waals surface area (Å²) in [4.78, 5) is 13.0. The van der Waals surface area contributed by atoms with Gasteiger partial charge in [0, 0.05) is 13.1 Å². The molecule has 1 aromatic rings. The number of hydrogen-bond donors (Lipinski definition) is 1. The molecule has 0 saturated heterocycles. The first kappa shape index (κ1) is 12.6. The van der Waals surface area contributed by atoms with Gasteiger partial charge in [0.15, 0.2) is 0 Å². The minimum absolute atomic E-state index is 0.146. The number of benzene rings is 1. The van der Waals surface area contributed by atoms with E-state index in [0.29, 0.717) is 18.8 Å². The number of hydrogen-bond acceptors (Lipinski definition) is 2. The first-order valence-corrected chi connectivity index (χ1v) is 5.37. The van der Waals surface area contributed by atoms with Crippen LogP contribution in [0.3, 0.4) is 0 Å². The second-order valence-electron chi connectivity index (χ2n) is 3.27. The lowest BCUT2D eigenvalue weighted by atomic mass is 10.1. The van der Waals surface area contributed by atoms with E-state index in [1.165, 1.54) is 0 Å². The predicted octanol–water partition coefficient (Wildman–Crippen LogP) is 3.05. The Hall–Kier alpha value is -1.48. The fourth-order valence-corrected chi connectivity index (χ4v) is 1.79. The van der Waals surface area contributed by atoms with Crippen LogP contribution in [0.5, 0.6) is 0 Å². The lowest BCUT2D eigenvalue weighted by Crippen LogP contribution is -2.24. The molecule has 1 N–H and O–H groups in total. The maximum absolute atomic E-state index is 11.1. The molecular weight excluding hydrogens is 226 g/mol. The molecule has 0 bridgehead atoms. The zero-order valence-electron chi connectivity index (χ0n) is 9.11. The van der Waals surface area contributed by atoms with E-state index in [4.69, 9.17) is 16.7 Å². The first-order valence-electron chi connectivity index (χ1n) is 4.99. The van der Waals surface area contributed by atoms with Crippen LogP contribution in [0.2, 0.25) is 5.02 Å². The molecule has 86 valence electrons. The molecule has 16 heavy (non-hydrogen) atoms. The molecule has 0 saturated carbocycles. The molecule has 0 aromatic heterocycles. The van der Waals surface area contributed by atoms with Gasteiger partial charge in [-0.05, 0) is 19.1 Å². The van der Waals surface area contributed by atoms with Gasteiger partial charge in [0.25, 0.3) is 0 Å². The fourth-order valence-electron chi connectivity index (χ4n) is 1.54. The number of aromatic carboxylic acids is 1. The summed E-state index contributed by atoms with van der Waals surface area (Å²) in [5, 5.41) is 9.38. The number of halogens is 1. The Labute approximate surface area is 100.0 Å². The topological polar surface area (TPSA) is 40.5 Å². The number of carboxylic acids is 1. The second-order valence-corrected chi connectivity index (χ2v) is 3.67. The van der Waals surface area contributed by atoms with Crippen LogP contribution >= 0.6 is 11.6 Å². The SMILES string of the molecule is C=CCN(CC)c1cccc(Cl)c1C(=O)O. The molecule has 4 heteroatoms. The number of carboxylic acid groups (broad SMARTS) is 1. The van der Waals surface area contributed by atoms with Crippen molar-refractivity contribution in [3.63, 3.8) is 0 Å². The third kappa shape index (κ3) is 2.55. The smallest absolute Gasteiger partial charge is 0.339 e. The molecule has 0 aliphatic carbocycles. The van der Waals surface area contributed by atoms with Crippen LogP contribution in [0, 0.1) is 0 Å². The van der Waals surface area contributed by atoms with Crippen LogP contribution in [-0.4, -0.2) is 24.2 Å². The molecule has 0 aliphatic heterocycles. The zero-order valence-corrected chi connectivity index (χ0v) is 9.87. The Morgan fingerprint density at radius 1 is 1.62 bits per heavy atom. The summed E-state index contributed by atoms with van der Waals surface area (Å²) in [6.45, 7) is 6.90. The highest BCUT2D eigenvalue weighted by atomic mass is 35.5. The Kier molecular flexibility index (Phi) is 4.38. The fraction of sp³-hybridized carbons (Fsp3) is 0.250. The highest BCUT2D eigenvalue weighted by molar-refractivity contribution is 6.34. The van der Waals surface area contributed by atoms with Gasteiger partial charge in [-0.1, -0.05) is 23.7 Å². The molecule has 1 aromatic carbocycles. The molecular formula is C12H14ClNO2. The predicted molar refractivity (Wildman–Crippen MR) is 66.5 cm³/mol. The van der Waals surface area contributed by atoms with Crippen molar-refractivity contribution in [3.05, 3.63) is 41.4 Å². The number of likely N-dealkylation sites (N-methyl/N-ethyl adjacent to an activating group) is 1. The van der Waals surface area contributed by atoms with Crippen LogP contribution in [0.25, 0.3) is 0 Å². The summed E-state index contributed by atoms with van der Waals surface area (Å²) in [6.07, 6.45) is 1.73. The molecule has 0 fully saturated rings. The summed E-state index contributed by atoms with van der Waals surface area (Å²) in [6, 6.07) is 5.08. The molecule has 0 aliphatic rings. The van der Waals surface area contributed by atoms with Crippen LogP contribution in [0.4, 0.5) is 5.69 Å². The Bertz CT molecular complexity index is 404. The van der Waals surface area contributed by atoms with Crippen LogP contribution in [-0.2, 0) is 0 Å². The van der Waals surface area contributed by atoms with E-state index < -0.39 is 5.97 Å². The second kappa shape index (κ2) is 5.56. The van der Waals surface area contributed by atoms with Gasteiger partial charge in [0.2, 0.25) is 0 Å². The normalized spacial score (nSPS) is 9.88. The molecule has 0 radical (unpaired) electrons. The minimum atomic E-state index is -1.01. The van der Waals surface area contributed by atoms with Gasteiger partial charge in [-0.15, -0.1) is 6.58 Å². The summed E-state index contributed by atoms with van der Waals surface area (Å²) in [7, 11) is 0. The number of anilines is 1. The van der Waals surface area contributed by atoms with Gasteiger partial charge in [0.1, 0.15) is 5.56 Å². The van der Waals surface area contributed by atoms with Crippen LogP contribution in [0.1, 0.15) is 17.3 Å². The quantitative estimate of drug-likeness (QED) is 0.803. The maximum Gasteiger partial charge on any atom is 0.339 e. The van der Waals surface area contributed by atoms with E-state index in [2.05, 4.69) is 6.58 Å². The average Bonchev–Trinajstić information content (AvgIpc) is 2.25.